The van der Waals surface area contributed by atoms with E-state index in [0.717, 1.165) is 28.9 Å². The second kappa shape index (κ2) is 8.22. The monoisotopic (exact) mass is 469 g/mol. The maximum absolute atomic E-state index is 11.7. The molecule has 4 rings (SSSR count). The highest BCUT2D eigenvalue weighted by Gasteiger charge is 2.42. The summed E-state index contributed by atoms with van der Waals surface area (Å²) in [7, 11) is -1.30. The van der Waals surface area contributed by atoms with Gasteiger partial charge in [0.2, 0.25) is 10.0 Å². The number of rotatable bonds is 5. The molecule has 1 fully saturated rings. The summed E-state index contributed by atoms with van der Waals surface area (Å²) in [6, 6.07) is 13.5. The highest BCUT2D eigenvalue weighted by atomic mass is 32.2. The van der Waals surface area contributed by atoms with E-state index >= 15 is 0 Å². The first kappa shape index (κ1) is 22.3. The zero-order valence-electron chi connectivity index (χ0n) is 18.7. The third-order valence-electron chi connectivity index (χ3n) is 6.01. The van der Waals surface area contributed by atoms with Crippen molar-refractivity contribution in [1.29, 1.82) is 0 Å². The molecule has 2 N–H and O–H groups in total. The lowest BCUT2D eigenvalue weighted by Crippen LogP contribution is -2.29. The quantitative estimate of drug-likeness (QED) is 0.552. The van der Waals surface area contributed by atoms with E-state index in [2.05, 4.69) is 51.5 Å². The minimum Gasteiger partial charge on any atom is -0.352 e. The molecular weight excluding hydrogens is 442 g/mol. The number of thiocarbonyl (C=S) groups is 1. The maximum atomic E-state index is 11.7. The number of nitrogens with zero attached hydrogens (tertiary/aromatic N) is 3. The van der Waals surface area contributed by atoms with Crippen molar-refractivity contribution in [2.75, 3.05) is 15.9 Å². The van der Waals surface area contributed by atoms with Crippen LogP contribution >= 0.6 is 12.2 Å². The van der Waals surface area contributed by atoms with Crippen molar-refractivity contribution in [3.8, 4) is 0 Å². The van der Waals surface area contributed by atoms with Gasteiger partial charge in [-0.1, -0.05) is 6.07 Å². The fraction of sp³-hybridized carbons (Fsp3) is 0.304. The molecule has 3 aromatic rings. The van der Waals surface area contributed by atoms with Crippen LogP contribution < -0.4 is 14.9 Å². The lowest BCUT2D eigenvalue weighted by atomic mass is 9.96. The summed E-state index contributed by atoms with van der Waals surface area (Å²) in [5.41, 5.74) is 6.68. The topological polar surface area (TPSA) is 79.3 Å². The fourth-order valence-corrected chi connectivity index (χ4v) is 5.22. The number of sulfonamides is 1. The highest BCUT2D eigenvalue weighted by Crippen LogP contribution is 2.43. The van der Waals surface area contributed by atoms with Crippen molar-refractivity contribution in [2.24, 2.45) is 7.05 Å². The molecule has 1 aromatic carbocycles. The van der Waals surface area contributed by atoms with Crippen LogP contribution in [-0.4, -0.2) is 29.3 Å². The Kier molecular flexibility index (Phi) is 5.72. The molecule has 0 aliphatic carbocycles. The standard InChI is InChI=1S/C23H27N5O2S2/c1-14-12-17(9-10-19(14)26-32(5,29)30)28-22(18-13-15(2)27(4)16(18)3)21(25-23(28)31)20-8-6-7-11-24-20/h6-13,21-22,26H,1-5H3,(H,25,31)/t21-,22-/m0/s1. The third-order valence-corrected chi connectivity index (χ3v) is 6.92. The molecule has 3 heterocycles. The van der Waals surface area contributed by atoms with E-state index in [1.54, 1.807) is 12.3 Å². The summed E-state index contributed by atoms with van der Waals surface area (Å²) in [6.45, 7) is 6.08. The van der Waals surface area contributed by atoms with Crippen molar-refractivity contribution in [2.45, 2.75) is 32.9 Å². The summed E-state index contributed by atoms with van der Waals surface area (Å²) in [6.07, 6.45) is 2.94. The van der Waals surface area contributed by atoms with Crippen molar-refractivity contribution in [1.82, 2.24) is 14.9 Å². The largest absolute Gasteiger partial charge is 0.352 e. The molecule has 1 aliphatic heterocycles. The number of nitrogens with one attached hydrogen (secondary N) is 2. The predicted molar refractivity (Wildman–Crippen MR) is 132 cm³/mol. The van der Waals surface area contributed by atoms with Gasteiger partial charge in [-0.3, -0.25) is 9.71 Å². The molecule has 2 aromatic heterocycles. The van der Waals surface area contributed by atoms with E-state index in [9.17, 15) is 8.42 Å². The zero-order valence-corrected chi connectivity index (χ0v) is 20.4. The molecule has 0 radical (unpaired) electrons. The average molecular weight is 470 g/mol. The summed E-state index contributed by atoms with van der Waals surface area (Å²) < 4.78 is 28.1. The van der Waals surface area contributed by atoms with E-state index in [1.165, 1.54) is 11.3 Å². The summed E-state index contributed by atoms with van der Waals surface area (Å²) >= 11 is 5.79. The Bertz CT molecular complexity index is 1290. The van der Waals surface area contributed by atoms with E-state index in [1.807, 2.05) is 37.3 Å². The van der Waals surface area contributed by atoms with Gasteiger partial charge in [-0.25, -0.2) is 8.42 Å². The zero-order chi connectivity index (χ0) is 23.2. The Balaban J connectivity index is 1.83. The molecule has 168 valence electrons. The highest BCUT2D eigenvalue weighted by molar-refractivity contribution is 7.92. The third kappa shape index (κ3) is 4.10. The number of hydrogen-bond acceptors (Lipinski definition) is 4. The average Bonchev–Trinajstić information content (AvgIpc) is 3.20. The first-order valence-electron chi connectivity index (χ1n) is 10.3. The van der Waals surface area contributed by atoms with Crippen molar-refractivity contribution >= 4 is 38.7 Å². The van der Waals surface area contributed by atoms with Crippen molar-refractivity contribution in [3.63, 3.8) is 0 Å². The molecule has 2 atom stereocenters. The minimum absolute atomic E-state index is 0.106. The molecule has 1 saturated heterocycles. The Morgan fingerprint density at radius 2 is 1.88 bits per heavy atom. The SMILES string of the molecule is Cc1cc(N2C(=S)N[C@@H](c3ccccn3)[C@@H]2c2cc(C)n(C)c2C)ccc1NS(C)(=O)=O. The van der Waals surface area contributed by atoms with Crippen LogP contribution in [0.1, 0.15) is 40.3 Å². The lowest BCUT2D eigenvalue weighted by molar-refractivity contribution is 0.564. The molecule has 1 aliphatic rings. The summed E-state index contributed by atoms with van der Waals surface area (Å²) in [5, 5.41) is 4.08. The van der Waals surface area contributed by atoms with E-state index in [0.29, 0.717) is 10.8 Å². The van der Waals surface area contributed by atoms with Gasteiger partial charge in [0.1, 0.15) is 0 Å². The van der Waals surface area contributed by atoms with E-state index < -0.39 is 10.0 Å². The predicted octanol–water partition coefficient (Wildman–Crippen LogP) is 3.89. The number of aromatic nitrogens is 2. The van der Waals surface area contributed by atoms with E-state index in [-0.39, 0.29) is 12.1 Å². The molecular formula is C23H27N5O2S2. The van der Waals surface area contributed by atoms with Gasteiger partial charge in [0.05, 0.1) is 29.7 Å². The van der Waals surface area contributed by atoms with Gasteiger partial charge in [0.25, 0.3) is 0 Å². The van der Waals surface area contributed by atoms with Gasteiger partial charge in [-0.05, 0) is 80.5 Å². The van der Waals surface area contributed by atoms with Gasteiger partial charge >= 0.3 is 0 Å². The van der Waals surface area contributed by atoms with Crippen molar-refractivity contribution < 1.29 is 8.42 Å². The van der Waals surface area contributed by atoms with Gasteiger partial charge < -0.3 is 14.8 Å². The molecule has 0 spiro atoms. The van der Waals surface area contributed by atoms with Gasteiger partial charge in [0, 0.05) is 30.3 Å². The Morgan fingerprint density at radius 3 is 2.44 bits per heavy atom. The van der Waals surface area contributed by atoms with Crippen LogP contribution in [0, 0.1) is 20.8 Å². The Morgan fingerprint density at radius 1 is 1.12 bits per heavy atom. The molecule has 0 bridgehead atoms. The first-order valence-corrected chi connectivity index (χ1v) is 12.6. The second-order valence-corrected chi connectivity index (χ2v) is 10.4. The lowest BCUT2D eigenvalue weighted by Gasteiger charge is -2.28. The van der Waals surface area contributed by atoms with Crippen LogP contribution in [0.25, 0.3) is 0 Å². The molecule has 0 unspecified atom stereocenters. The first-order chi connectivity index (χ1) is 15.1. The van der Waals surface area contributed by atoms with Crippen LogP contribution in [0.3, 0.4) is 0 Å². The van der Waals surface area contributed by atoms with Gasteiger partial charge in [-0.15, -0.1) is 0 Å². The van der Waals surface area contributed by atoms with Crippen molar-refractivity contribution in [3.05, 3.63) is 76.9 Å². The second-order valence-electron chi connectivity index (χ2n) is 8.26. The van der Waals surface area contributed by atoms with Gasteiger partial charge in [-0.2, -0.15) is 0 Å². The molecule has 7 nitrogen and oxygen atoms in total. The Labute approximate surface area is 194 Å². The normalized spacial score (nSPS) is 18.7. The van der Waals surface area contributed by atoms with Crippen LogP contribution in [0.15, 0.2) is 48.7 Å². The molecule has 9 heteroatoms. The fourth-order valence-electron chi connectivity index (χ4n) is 4.24. The summed E-state index contributed by atoms with van der Waals surface area (Å²) in [5.74, 6) is 0. The molecule has 32 heavy (non-hydrogen) atoms. The smallest absolute Gasteiger partial charge is 0.229 e. The number of aryl methyl sites for hydroxylation is 2. The Hall–Kier alpha value is -2.91. The van der Waals surface area contributed by atoms with E-state index in [4.69, 9.17) is 12.2 Å². The maximum Gasteiger partial charge on any atom is 0.229 e. The van der Waals surface area contributed by atoms with Crippen LogP contribution in [0.4, 0.5) is 11.4 Å². The molecule has 0 amide bonds. The minimum atomic E-state index is -3.36. The van der Waals surface area contributed by atoms with Crippen LogP contribution in [0.5, 0.6) is 0 Å². The van der Waals surface area contributed by atoms with Crippen LogP contribution in [0.2, 0.25) is 0 Å². The molecule has 0 saturated carbocycles. The van der Waals surface area contributed by atoms with Gasteiger partial charge in [0.15, 0.2) is 5.11 Å². The number of pyridine rings is 1. The number of hydrogen-bond donors (Lipinski definition) is 2. The summed E-state index contributed by atoms with van der Waals surface area (Å²) in [4.78, 5) is 6.70. The number of benzene rings is 1. The number of anilines is 2. The van der Waals surface area contributed by atoms with Crippen LogP contribution in [-0.2, 0) is 17.1 Å².